The molecule has 1 aromatic heterocycles. The third-order valence-corrected chi connectivity index (χ3v) is 3.12. The molecule has 0 radical (unpaired) electrons. The van der Waals surface area contributed by atoms with E-state index in [2.05, 4.69) is 10.4 Å². The molecule has 0 fully saturated rings. The summed E-state index contributed by atoms with van der Waals surface area (Å²) in [5.41, 5.74) is 2.10. The molecule has 0 spiro atoms. The zero-order chi connectivity index (χ0) is 12.3. The van der Waals surface area contributed by atoms with Crippen LogP contribution in [0.5, 0.6) is 0 Å². The van der Waals surface area contributed by atoms with Gasteiger partial charge in [0.2, 0.25) is 0 Å². The van der Waals surface area contributed by atoms with Gasteiger partial charge in [0.1, 0.15) is 0 Å². The lowest BCUT2D eigenvalue weighted by molar-refractivity contribution is 0.659. The molecule has 0 bridgehead atoms. The maximum absolute atomic E-state index is 5.96. The highest BCUT2D eigenvalue weighted by molar-refractivity contribution is 6.42. The van der Waals surface area contributed by atoms with Crippen molar-refractivity contribution in [2.24, 2.45) is 0 Å². The number of benzene rings is 1. The van der Waals surface area contributed by atoms with Crippen LogP contribution in [-0.2, 0) is 13.1 Å². The smallest absolute Gasteiger partial charge is 0.0762 e. The maximum atomic E-state index is 5.96. The molecule has 2 rings (SSSR count). The molecule has 0 amide bonds. The van der Waals surface area contributed by atoms with Crippen LogP contribution in [0.4, 0.5) is 0 Å². The van der Waals surface area contributed by atoms with Crippen LogP contribution >= 0.6 is 23.2 Å². The second-order valence-corrected chi connectivity index (χ2v) is 4.60. The van der Waals surface area contributed by atoms with Gasteiger partial charge in [-0.05, 0) is 30.8 Å². The molecule has 0 unspecified atom stereocenters. The molecular formula is C12H13Cl2N3. The first kappa shape index (κ1) is 12.4. The minimum Gasteiger partial charge on any atom is -0.314 e. The quantitative estimate of drug-likeness (QED) is 0.925. The summed E-state index contributed by atoms with van der Waals surface area (Å²) in [5, 5.41) is 8.64. The molecule has 3 nitrogen and oxygen atoms in total. The van der Waals surface area contributed by atoms with Crippen molar-refractivity contribution in [2.75, 3.05) is 7.05 Å². The van der Waals surface area contributed by atoms with E-state index in [1.807, 2.05) is 36.1 Å². The molecule has 1 heterocycles. The monoisotopic (exact) mass is 269 g/mol. The molecule has 2 aromatic rings. The third kappa shape index (κ3) is 3.22. The fourth-order valence-corrected chi connectivity index (χ4v) is 1.91. The van der Waals surface area contributed by atoms with E-state index in [1.165, 1.54) is 0 Å². The van der Waals surface area contributed by atoms with Gasteiger partial charge in [-0.25, -0.2) is 0 Å². The lowest BCUT2D eigenvalue weighted by atomic mass is 10.2. The van der Waals surface area contributed by atoms with Gasteiger partial charge < -0.3 is 5.32 Å². The van der Waals surface area contributed by atoms with Gasteiger partial charge in [-0.2, -0.15) is 5.10 Å². The Morgan fingerprint density at radius 1 is 1.24 bits per heavy atom. The van der Waals surface area contributed by atoms with E-state index < -0.39 is 0 Å². The van der Waals surface area contributed by atoms with E-state index in [1.54, 1.807) is 6.07 Å². The predicted molar refractivity (Wildman–Crippen MR) is 70.6 cm³/mol. The topological polar surface area (TPSA) is 29.9 Å². The Kier molecular flexibility index (Phi) is 4.05. The molecule has 0 aliphatic carbocycles. The summed E-state index contributed by atoms with van der Waals surface area (Å²) in [6.45, 7) is 1.47. The summed E-state index contributed by atoms with van der Waals surface area (Å²) in [7, 11) is 1.90. The van der Waals surface area contributed by atoms with Crippen molar-refractivity contribution in [2.45, 2.75) is 13.1 Å². The molecule has 5 heteroatoms. The highest BCUT2D eigenvalue weighted by Gasteiger charge is 2.02. The fraction of sp³-hybridized carbons (Fsp3) is 0.250. The Hall–Kier alpha value is -1.03. The molecule has 1 aromatic carbocycles. The van der Waals surface area contributed by atoms with Crippen molar-refractivity contribution in [3.63, 3.8) is 0 Å². The van der Waals surface area contributed by atoms with Crippen molar-refractivity contribution in [3.8, 4) is 0 Å². The number of rotatable bonds is 4. The zero-order valence-electron chi connectivity index (χ0n) is 9.45. The predicted octanol–water partition coefficient (Wildman–Crippen LogP) is 2.96. The van der Waals surface area contributed by atoms with Crippen molar-refractivity contribution in [3.05, 3.63) is 51.8 Å². The summed E-state index contributed by atoms with van der Waals surface area (Å²) >= 11 is 11.8. The van der Waals surface area contributed by atoms with E-state index >= 15 is 0 Å². The Bertz CT molecular complexity index is 508. The second-order valence-electron chi connectivity index (χ2n) is 3.78. The summed E-state index contributed by atoms with van der Waals surface area (Å²) in [6, 6.07) is 7.61. The van der Waals surface area contributed by atoms with E-state index in [0.717, 1.165) is 17.8 Å². The van der Waals surface area contributed by atoms with Gasteiger partial charge in [0.05, 0.1) is 22.3 Å². The van der Waals surface area contributed by atoms with Crippen LogP contribution in [-0.4, -0.2) is 16.8 Å². The van der Waals surface area contributed by atoms with Crippen LogP contribution in [0, 0.1) is 0 Å². The summed E-state index contributed by atoms with van der Waals surface area (Å²) in [5.74, 6) is 0. The molecule has 1 N–H and O–H groups in total. The van der Waals surface area contributed by atoms with Crippen LogP contribution in [0.1, 0.15) is 11.3 Å². The summed E-state index contributed by atoms with van der Waals surface area (Å²) in [6.07, 6.45) is 1.95. The van der Waals surface area contributed by atoms with Crippen LogP contribution in [0.25, 0.3) is 0 Å². The average molecular weight is 270 g/mol. The van der Waals surface area contributed by atoms with Gasteiger partial charge in [0, 0.05) is 12.7 Å². The van der Waals surface area contributed by atoms with Gasteiger partial charge in [-0.15, -0.1) is 0 Å². The molecule has 17 heavy (non-hydrogen) atoms. The lowest BCUT2D eigenvalue weighted by Crippen LogP contribution is -2.07. The number of aromatic nitrogens is 2. The fourth-order valence-electron chi connectivity index (χ4n) is 1.59. The molecule has 0 aliphatic heterocycles. The summed E-state index contributed by atoms with van der Waals surface area (Å²) in [4.78, 5) is 0. The van der Waals surface area contributed by atoms with E-state index in [9.17, 15) is 0 Å². The SMILES string of the molecule is CNCc1ccn(Cc2ccc(Cl)c(Cl)c2)n1. The largest absolute Gasteiger partial charge is 0.314 e. The molecule has 90 valence electrons. The summed E-state index contributed by atoms with van der Waals surface area (Å²) < 4.78 is 1.88. The number of halogens is 2. The maximum Gasteiger partial charge on any atom is 0.0762 e. The van der Waals surface area contributed by atoms with Crippen molar-refractivity contribution in [1.29, 1.82) is 0 Å². The highest BCUT2D eigenvalue weighted by Crippen LogP contribution is 2.22. The number of hydrogen-bond donors (Lipinski definition) is 1. The molecular weight excluding hydrogens is 257 g/mol. The molecule has 0 saturated carbocycles. The van der Waals surface area contributed by atoms with E-state index in [4.69, 9.17) is 23.2 Å². The number of nitrogens with one attached hydrogen (secondary N) is 1. The van der Waals surface area contributed by atoms with Crippen molar-refractivity contribution >= 4 is 23.2 Å². The van der Waals surface area contributed by atoms with Gasteiger partial charge in [-0.1, -0.05) is 29.3 Å². The van der Waals surface area contributed by atoms with Crippen molar-refractivity contribution in [1.82, 2.24) is 15.1 Å². The van der Waals surface area contributed by atoms with Crippen LogP contribution < -0.4 is 5.32 Å². The Morgan fingerprint density at radius 3 is 2.76 bits per heavy atom. The molecule has 0 saturated heterocycles. The van der Waals surface area contributed by atoms with Crippen LogP contribution in [0.2, 0.25) is 10.0 Å². The normalized spacial score (nSPS) is 10.8. The van der Waals surface area contributed by atoms with Gasteiger partial charge in [0.25, 0.3) is 0 Å². The average Bonchev–Trinajstić information content (AvgIpc) is 2.72. The van der Waals surface area contributed by atoms with Crippen LogP contribution in [0.15, 0.2) is 30.5 Å². The molecule has 0 aliphatic rings. The van der Waals surface area contributed by atoms with E-state index in [0.29, 0.717) is 16.6 Å². The Morgan fingerprint density at radius 2 is 2.06 bits per heavy atom. The standard InChI is InChI=1S/C12H13Cl2N3/c1-15-7-10-4-5-17(16-10)8-9-2-3-11(13)12(14)6-9/h2-6,15H,7-8H2,1H3. The van der Waals surface area contributed by atoms with E-state index in [-0.39, 0.29) is 0 Å². The first-order valence-corrected chi connectivity index (χ1v) is 6.05. The number of hydrogen-bond acceptors (Lipinski definition) is 2. The number of nitrogens with zero attached hydrogens (tertiary/aromatic N) is 2. The minimum atomic E-state index is 0.576. The minimum absolute atomic E-state index is 0.576. The Balaban J connectivity index is 2.11. The van der Waals surface area contributed by atoms with Crippen molar-refractivity contribution < 1.29 is 0 Å². The first-order chi connectivity index (χ1) is 8.19. The van der Waals surface area contributed by atoms with Gasteiger partial charge in [-0.3, -0.25) is 4.68 Å². The highest BCUT2D eigenvalue weighted by atomic mass is 35.5. The van der Waals surface area contributed by atoms with Gasteiger partial charge in [0.15, 0.2) is 0 Å². The zero-order valence-corrected chi connectivity index (χ0v) is 11.0. The lowest BCUT2D eigenvalue weighted by Gasteiger charge is -2.03. The van der Waals surface area contributed by atoms with Gasteiger partial charge >= 0.3 is 0 Å². The third-order valence-electron chi connectivity index (χ3n) is 2.38. The first-order valence-electron chi connectivity index (χ1n) is 5.30. The Labute approximate surface area is 110 Å². The molecule has 0 atom stereocenters. The second kappa shape index (κ2) is 5.54. The van der Waals surface area contributed by atoms with Crippen LogP contribution in [0.3, 0.4) is 0 Å².